The molecule has 0 heterocycles. The summed E-state index contributed by atoms with van der Waals surface area (Å²) in [5.41, 5.74) is 7.84. The van der Waals surface area contributed by atoms with Gasteiger partial charge in [-0.1, -0.05) is 47.5 Å². The van der Waals surface area contributed by atoms with Crippen molar-refractivity contribution in [2.45, 2.75) is 26.0 Å². The highest BCUT2D eigenvalue weighted by Crippen LogP contribution is 2.26. The van der Waals surface area contributed by atoms with Crippen molar-refractivity contribution in [2.24, 2.45) is 5.73 Å². The number of rotatable bonds is 5. The van der Waals surface area contributed by atoms with E-state index in [0.717, 1.165) is 23.3 Å². The minimum Gasteiger partial charge on any atom is -0.489 e. The number of ether oxygens (including phenoxy) is 1. The van der Waals surface area contributed by atoms with Gasteiger partial charge in [0, 0.05) is 11.6 Å². The van der Waals surface area contributed by atoms with E-state index in [9.17, 15) is 0 Å². The molecule has 0 bridgehead atoms. The van der Waals surface area contributed by atoms with Gasteiger partial charge >= 0.3 is 0 Å². The second-order valence-electron chi connectivity index (χ2n) is 4.83. The zero-order valence-corrected chi connectivity index (χ0v) is 12.8. The Balaban J connectivity index is 2.05. The summed E-state index contributed by atoms with van der Waals surface area (Å²) in [5, 5.41) is 1.08. The lowest BCUT2D eigenvalue weighted by Gasteiger charge is -2.11. The summed E-state index contributed by atoms with van der Waals surface area (Å²) in [7, 11) is 0. The van der Waals surface area contributed by atoms with Gasteiger partial charge in [-0.05, 0) is 37.1 Å². The SMILES string of the molecule is CC(N)Cc1cccc(OCc2cccc(Cl)c2Cl)c1. The van der Waals surface area contributed by atoms with Gasteiger partial charge in [0.2, 0.25) is 0 Å². The average molecular weight is 310 g/mol. The lowest BCUT2D eigenvalue weighted by molar-refractivity contribution is 0.306. The van der Waals surface area contributed by atoms with E-state index in [1.54, 1.807) is 6.07 Å². The van der Waals surface area contributed by atoms with Gasteiger partial charge in [-0.2, -0.15) is 0 Å². The second-order valence-corrected chi connectivity index (χ2v) is 5.62. The van der Waals surface area contributed by atoms with Crippen LogP contribution in [0, 0.1) is 0 Å². The van der Waals surface area contributed by atoms with Crippen molar-refractivity contribution in [2.75, 3.05) is 0 Å². The van der Waals surface area contributed by atoms with Crippen LogP contribution in [-0.4, -0.2) is 6.04 Å². The van der Waals surface area contributed by atoms with Crippen LogP contribution in [0.25, 0.3) is 0 Å². The Hall–Kier alpha value is -1.22. The first-order valence-electron chi connectivity index (χ1n) is 6.46. The molecule has 1 atom stereocenters. The molecule has 0 aliphatic heterocycles. The van der Waals surface area contributed by atoms with Crippen LogP contribution >= 0.6 is 23.2 Å². The van der Waals surface area contributed by atoms with Crippen molar-refractivity contribution in [3.05, 3.63) is 63.6 Å². The molecule has 4 heteroatoms. The molecule has 1 unspecified atom stereocenters. The third-order valence-corrected chi connectivity index (χ3v) is 3.74. The van der Waals surface area contributed by atoms with E-state index in [1.165, 1.54) is 0 Å². The van der Waals surface area contributed by atoms with E-state index in [4.69, 9.17) is 33.7 Å². The summed E-state index contributed by atoms with van der Waals surface area (Å²) in [6.45, 7) is 2.38. The standard InChI is InChI=1S/C16H17Cl2NO/c1-11(19)8-12-4-2-6-14(9-12)20-10-13-5-3-7-15(17)16(13)18/h2-7,9,11H,8,10,19H2,1H3. The highest BCUT2D eigenvalue weighted by atomic mass is 35.5. The minimum atomic E-state index is 0.132. The van der Waals surface area contributed by atoms with Crippen LogP contribution in [0.1, 0.15) is 18.1 Å². The number of hydrogen-bond donors (Lipinski definition) is 1. The fourth-order valence-electron chi connectivity index (χ4n) is 1.96. The molecule has 0 aliphatic carbocycles. The highest BCUT2D eigenvalue weighted by molar-refractivity contribution is 6.42. The van der Waals surface area contributed by atoms with Crippen molar-refractivity contribution in [1.82, 2.24) is 0 Å². The van der Waals surface area contributed by atoms with Gasteiger partial charge in [0.05, 0.1) is 10.0 Å². The maximum atomic E-state index is 6.13. The van der Waals surface area contributed by atoms with Gasteiger partial charge in [-0.15, -0.1) is 0 Å². The number of hydrogen-bond acceptors (Lipinski definition) is 2. The van der Waals surface area contributed by atoms with Crippen molar-refractivity contribution < 1.29 is 4.74 Å². The normalized spacial score (nSPS) is 12.2. The van der Waals surface area contributed by atoms with Gasteiger partial charge in [0.25, 0.3) is 0 Å². The van der Waals surface area contributed by atoms with E-state index in [1.807, 2.05) is 43.3 Å². The monoisotopic (exact) mass is 309 g/mol. The molecule has 0 radical (unpaired) electrons. The first-order valence-corrected chi connectivity index (χ1v) is 7.22. The molecule has 2 aromatic carbocycles. The largest absolute Gasteiger partial charge is 0.489 e. The molecule has 0 amide bonds. The Bertz CT molecular complexity index is 584. The van der Waals surface area contributed by atoms with E-state index >= 15 is 0 Å². The quantitative estimate of drug-likeness (QED) is 0.885. The zero-order valence-electron chi connectivity index (χ0n) is 11.3. The predicted molar refractivity (Wildman–Crippen MR) is 84.6 cm³/mol. The molecule has 2 N–H and O–H groups in total. The first-order chi connectivity index (χ1) is 9.56. The third-order valence-electron chi connectivity index (χ3n) is 2.88. The topological polar surface area (TPSA) is 35.2 Å². The molecule has 0 spiro atoms. The van der Waals surface area contributed by atoms with Crippen LogP contribution in [0.4, 0.5) is 0 Å². The zero-order chi connectivity index (χ0) is 14.5. The number of nitrogens with two attached hydrogens (primary N) is 1. The molecule has 0 aliphatic rings. The van der Waals surface area contributed by atoms with E-state index in [0.29, 0.717) is 16.7 Å². The maximum Gasteiger partial charge on any atom is 0.120 e. The molecule has 2 aromatic rings. The van der Waals surface area contributed by atoms with Crippen molar-refractivity contribution in [3.63, 3.8) is 0 Å². The molecule has 0 saturated heterocycles. The first kappa shape index (κ1) is 15.2. The molecule has 0 aromatic heterocycles. The molecule has 20 heavy (non-hydrogen) atoms. The van der Waals surface area contributed by atoms with Crippen molar-refractivity contribution in [1.29, 1.82) is 0 Å². The molecule has 106 valence electrons. The summed E-state index contributed by atoms with van der Waals surface area (Å²) < 4.78 is 5.77. The van der Waals surface area contributed by atoms with Gasteiger partial charge in [-0.3, -0.25) is 0 Å². The predicted octanol–water partition coefficient (Wildman–Crippen LogP) is 4.46. The summed E-state index contributed by atoms with van der Waals surface area (Å²) >= 11 is 12.1. The van der Waals surface area contributed by atoms with Gasteiger partial charge in [-0.25, -0.2) is 0 Å². The Morgan fingerprint density at radius 3 is 2.65 bits per heavy atom. The van der Waals surface area contributed by atoms with Crippen LogP contribution in [-0.2, 0) is 13.0 Å². The fraction of sp³-hybridized carbons (Fsp3) is 0.250. The van der Waals surface area contributed by atoms with Crippen LogP contribution in [0.2, 0.25) is 10.0 Å². The average Bonchev–Trinajstić information content (AvgIpc) is 2.40. The Morgan fingerprint density at radius 1 is 1.15 bits per heavy atom. The lowest BCUT2D eigenvalue weighted by atomic mass is 10.1. The Morgan fingerprint density at radius 2 is 1.90 bits per heavy atom. The molecule has 0 saturated carbocycles. The molecular formula is C16H17Cl2NO. The van der Waals surface area contributed by atoms with Crippen molar-refractivity contribution >= 4 is 23.2 Å². The molecule has 0 fully saturated rings. The molecule has 2 rings (SSSR count). The minimum absolute atomic E-state index is 0.132. The number of halogens is 2. The summed E-state index contributed by atoms with van der Waals surface area (Å²) in [5.74, 6) is 0.805. The lowest BCUT2D eigenvalue weighted by Crippen LogP contribution is -2.17. The molecule has 2 nitrogen and oxygen atoms in total. The third kappa shape index (κ3) is 4.14. The van der Waals surface area contributed by atoms with Crippen LogP contribution in [0.5, 0.6) is 5.75 Å². The fourth-order valence-corrected chi connectivity index (χ4v) is 2.33. The van der Waals surface area contributed by atoms with E-state index < -0.39 is 0 Å². The van der Waals surface area contributed by atoms with Gasteiger partial charge in [0.15, 0.2) is 0 Å². The van der Waals surface area contributed by atoms with Gasteiger partial charge in [0.1, 0.15) is 12.4 Å². The van der Waals surface area contributed by atoms with Crippen molar-refractivity contribution in [3.8, 4) is 5.75 Å². The van der Waals surface area contributed by atoms with E-state index in [2.05, 4.69) is 0 Å². The highest BCUT2D eigenvalue weighted by Gasteiger charge is 2.06. The van der Waals surface area contributed by atoms with E-state index in [-0.39, 0.29) is 6.04 Å². The second kappa shape index (κ2) is 6.98. The van der Waals surface area contributed by atoms with Crippen LogP contribution in [0.15, 0.2) is 42.5 Å². The maximum absolute atomic E-state index is 6.13. The summed E-state index contributed by atoms with van der Waals surface area (Å²) in [6, 6.07) is 13.6. The Kier molecular flexibility index (Phi) is 5.30. The van der Waals surface area contributed by atoms with Gasteiger partial charge < -0.3 is 10.5 Å². The summed E-state index contributed by atoms with van der Waals surface area (Å²) in [6.07, 6.45) is 0.828. The number of benzene rings is 2. The van der Waals surface area contributed by atoms with Crippen LogP contribution in [0.3, 0.4) is 0 Å². The summed E-state index contributed by atoms with van der Waals surface area (Å²) in [4.78, 5) is 0. The molecular weight excluding hydrogens is 293 g/mol. The van der Waals surface area contributed by atoms with Crippen LogP contribution < -0.4 is 10.5 Å². The smallest absolute Gasteiger partial charge is 0.120 e. The Labute approximate surface area is 129 Å².